The molecule has 9 heteroatoms. The summed E-state index contributed by atoms with van der Waals surface area (Å²) >= 11 is 4.30. The predicted molar refractivity (Wildman–Crippen MR) is 145 cm³/mol. The SMILES string of the molecule is N#CC(=Cc1ccc(Sc2cccc3ccccc23)o1)C(=O)Nc1nnc(SCc2ccccc2)s1. The molecule has 0 saturated carbocycles. The minimum atomic E-state index is -0.562. The first-order valence-corrected chi connectivity index (χ1v) is 13.5. The summed E-state index contributed by atoms with van der Waals surface area (Å²) in [6.45, 7) is 0. The number of carbonyl (C=O) groups excluding carboxylic acids is 1. The van der Waals surface area contributed by atoms with Gasteiger partial charge in [0.1, 0.15) is 17.4 Å². The van der Waals surface area contributed by atoms with Gasteiger partial charge >= 0.3 is 0 Å². The molecular weight excluding hydrogens is 509 g/mol. The highest BCUT2D eigenvalue weighted by atomic mass is 32.2. The van der Waals surface area contributed by atoms with E-state index in [0.717, 1.165) is 25.8 Å². The molecule has 5 aromatic rings. The van der Waals surface area contributed by atoms with Gasteiger partial charge in [0.25, 0.3) is 5.91 Å². The van der Waals surface area contributed by atoms with E-state index in [1.807, 2.05) is 66.7 Å². The van der Waals surface area contributed by atoms with Crippen LogP contribution >= 0.6 is 34.9 Å². The fraction of sp³-hybridized carbons (Fsp3) is 0.0370. The van der Waals surface area contributed by atoms with E-state index in [1.165, 1.54) is 46.5 Å². The van der Waals surface area contributed by atoms with Crippen LogP contribution in [0.4, 0.5) is 5.13 Å². The van der Waals surface area contributed by atoms with E-state index >= 15 is 0 Å². The van der Waals surface area contributed by atoms with Crippen molar-refractivity contribution in [3.05, 3.63) is 102 Å². The van der Waals surface area contributed by atoms with Gasteiger partial charge in [0.05, 0.1) is 0 Å². The first kappa shape index (κ1) is 23.9. The van der Waals surface area contributed by atoms with Gasteiger partial charge in [0.15, 0.2) is 9.43 Å². The number of nitrogens with one attached hydrogen (secondary N) is 1. The summed E-state index contributed by atoms with van der Waals surface area (Å²) in [6, 6.07) is 29.8. The zero-order chi connectivity index (χ0) is 24.7. The molecule has 0 aliphatic carbocycles. The number of nitriles is 1. The van der Waals surface area contributed by atoms with E-state index in [4.69, 9.17) is 4.42 Å². The van der Waals surface area contributed by atoms with Crippen molar-refractivity contribution in [2.24, 2.45) is 0 Å². The Morgan fingerprint density at radius 3 is 2.67 bits per heavy atom. The number of amides is 1. The lowest BCUT2D eigenvalue weighted by molar-refractivity contribution is -0.112. The van der Waals surface area contributed by atoms with Crippen LogP contribution in [0.2, 0.25) is 0 Å². The molecule has 0 bridgehead atoms. The van der Waals surface area contributed by atoms with Crippen LogP contribution in [0.15, 0.2) is 109 Å². The van der Waals surface area contributed by atoms with Crippen molar-refractivity contribution >= 4 is 62.7 Å². The fourth-order valence-electron chi connectivity index (χ4n) is 3.35. The number of hydrogen-bond acceptors (Lipinski definition) is 8. The largest absolute Gasteiger partial charge is 0.450 e. The van der Waals surface area contributed by atoms with E-state index in [-0.39, 0.29) is 5.57 Å². The molecule has 176 valence electrons. The molecule has 1 amide bonds. The Morgan fingerprint density at radius 1 is 1.00 bits per heavy atom. The van der Waals surface area contributed by atoms with E-state index < -0.39 is 5.91 Å². The second-order valence-corrected chi connectivity index (χ2v) is 10.8. The number of aromatic nitrogens is 2. The third kappa shape index (κ3) is 5.86. The van der Waals surface area contributed by atoms with Crippen molar-refractivity contribution in [1.29, 1.82) is 5.26 Å². The Morgan fingerprint density at radius 2 is 1.81 bits per heavy atom. The van der Waals surface area contributed by atoms with Gasteiger partial charge in [-0.1, -0.05) is 102 Å². The van der Waals surface area contributed by atoms with E-state index in [9.17, 15) is 10.1 Å². The van der Waals surface area contributed by atoms with E-state index in [1.54, 1.807) is 6.07 Å². The van der Waals surface area contributed by atoms with Gasteiger partial charge in [-0.15, -0.1) is 10.2 Å². The summed E-state index contributed by atoms with van der Waals surface area (Å²) in [7, 11) is 0. The molecule has 1 N–H and O–H groups in total. The number of fused-ring (bicyclic) bond motifs is 1. The Kier molecular flexibility index (Phi) is 7.47. The smallest absolute Gasteiger partial charge is 0.268 e. The maximum atomic E-state index is 12.7. The second-order valence-electron chi connectivity index (χ2n) is 7.51. The summed E-state index contributed by atoms with van der Waals surface area (Å²) < 4.78 is 6.61. The van der Waals surface area contributed by atoms with E-state index in [0.29, 0.717) is 16.0 Å². The molecule has 0 unspecified atom stereocenters. The van der Waals surface area contributed by atoms with Crippen molar-refractivity contribution in [1.82, 2.24) is 10.2 Å². The molecule has 0 saturated heterocycles. The molecule has 36 heavy (non-hydrogen) atoms. The molecule has 0 radical (unpaired) electrons. The zero-order valence-electron chi connectivity index (χ0n) is 18.8. The lowest BCUT2D eigenvalue weighted by Crippen LogP contribution is -2.13. The molecule has 0 atom stereocenters. The average Bonchev–Trinajstić information content (AvgIpc) is 3.56. The molecule has 2 heterocycles. The van der Waals surface area contributed by atoms with Crippen LogP contribution in [0.1, 0.15) is 11.3 Å². The fourth-order valence-corrected chi connectivity index (χ4v) is 5.99. The van der Waals surface area contributed by atoms with Gasteiger partial charge in [-0.3, -0.25) is 10.1 Å². The Bertz CT molecular complexity index is 1580. The summed E-state index contributed by atoms with van der Waals surface area (Å²) in [6.07, 6.45) is 1.43. The number of rotatable bonds is 8. The normalized spacial score (nSPS) is 11.4. The van der Waals surface area contributed by atoms with Crippen molar-refractivity contribution in [2.45, 2.75) is 20.1 Å². The van der Waals surface area contributed by atoms with Crippen molar-refractivity contribution in [3.63, 3.8) is 0 Å². The molecule has 5 rings (SSSR count). The number of furan rings is 1. The lowest BCUT2D eigenvalue weighted by Gasteiger charge is -2.04. The van der Waals surface area contributed by atoms with Gasteiger partial charge in [-0.05, 0) is 34.5 Å². The van der Waals surface area contributed by atoms with Crippen LogP contribution in [0.5, 0.6) is 0 Å². The maximum Gasteiger partial charge on any atom is 0.268 e. The van der Waals surface area contributed by atoms with Gasteiger partial charge in [0.2, 0.25) is 5.13 Å². The molecule has 0 aliphatic rings. The third-order valence-electron chi connectivity index (χ3n) is 5.05. The Labute approximate surface area is 220 Å². The van der Waals surface area contributed by atoms with Gasteiger partial charge in [0, 0.05) is 16.7 Å². The average molecular weight is 527 g/mol. The predicted octanol–water partition coefficient (Wildman–Crippen LogP) is 7.27. The standard InChI is InChI=1S/C27H18N4O2S3/c28-16-20(25(32)29-26-30-31-27(36-26)34-17-18-7-2-1-3-8-18)15-21-13-14-24(33-21)35-23-12-6-10-19-9-4-5-11-22(19)23/h1-15H,17H2,(H,29,30,32). The third-order valence-corrected chi connectivity index (χ3v) is 8.09. The van der Waals surface area contributed by atoms with Gasteiger partial charge in [-0.2, -0.15) is 5.26 Å². The Hall–Kier alpha value is -3.84. The van der Waals surface area contributed by atoms with Crippen LogP contribution < -0.4 is 5.32 Å². The van der Waals surface area contributed by atoms with Crippen LogP contribution in [0.25, 0.3) is 16.8 Å². The number of hydrogen-bond donors (Lipinski definition) is 1. The van der Waals surface area contributed by atoms with Gasteiger partial charge < -0.3 is 4.42 Å². The first-order valence-electron chi connectivity index (χ1n) is 10.9. The molecule has 3 aromatic carbocycles. The quantitative estimate of drug-likeness (QED) is 0.0983. The van der Waals surface area contributed by atoms with E-state index in [2.05, 4.69) is 33.7 Å². The van der Waals surface area contributed by atoms with Crippen molar-refractivity contribution < 1.29 is 9.21 Å². The first-order chi connectivity index (χ1) is 17.7. The maximum absolute atomic E-state index is 12.7. The molecule has 0 spiro atoms. The van der Waals surface area contributed by atoms with Crippen LogP contribution in [-0.2, 0) is 10.5 Å². The molecular formula is C27H18N4O2S3. The van der Waals surface area contributed by atoms with Gasteiger partial charge in [-0.25, -0.2) is 0 Å². The number of anilines is 1. The number of thioether (sulfide) groups is 1. The summed E-state index contributed by atoms with van der Waals surface area (Å²) in [5.41, 5.74) is 1.09. The van der Waals surface area contributed by atoms with Crippen molar-refractivity contribution in [2.75, 3.05) is 5.32 Å². The number of carbonyl (C=O) groups is 1. The highest BCUT2D eigenvalue weighted by Gasteiger charge is 2.15. The van der Waals surface area contributed by atoms with Crippen LogP contribution in [0, 0.1) is 11.3 Å². The second kappa shape index (κ2) is 11.3. The minimum absolute atomic E-state index is 0.0836. The summed E-state index contributed by atoms with van der Waals surface area (Å²) in [5, 5.41) is 23.6. The highest BCUT2D eigenvalue weighted by molar-refractivity contribution is 8.00. The zero-order valence-corrected chi connectivity index (χ0v) is 21.2. The molecule has 6 nitrogen and oxygen atoms in total. The van der Waals surface area contributed by atoms with Crippen LogP contribution in [0.3, 0.4) is 0 Å². The minimum Gasteiger partial charge on any atom is -0.450 e. The number of nitrogens with zero attached hydrogens (tertiary/aromatic N) is 3. The topological polar surface area (TPSA) is 91.8 Å². The molecule has 0 fully saturated rings. The number of benzene rings is 3. The summed E-state index contributed by atoms with van der Waals surface area (Å²) in [4.78, 5) is 13.7. The summed E-state index contributed by atoms with van der Waals surface area (Å²) in [5.74, 6) is 0.610. The Balaban J connectivity index is 1.23. The van der Waals surface area contributed by atoms with Crippen molar-refractivity contribution in [3.8, 4) is 6.07 Å². The lowest BCUT2D eigenvalue weighted by atomic mass is 10.1. The van der Waals surface area contributed by atoms with Crippen LogP contribution in [-0.4, -0.2) is 16.1 Å². The monoisotopic (exact) mass is 526 g/mol. The molecule has 2 aromatic heterocycles. The highest BCUT2D eigenvalue weighted by Crippen LogP contribution is 2.35. The molecule has 0 aliphatic heterocycles.